The number of nitrogens with zero attached hydrogens (tertiary/aromatic N) is 1. The van der Waals surface area contributed by atoms with Crippen molar-refractivity contribution in [2.24, 2.45) is 0 Å². The van der Waals surface area contributed by atoms with E-state index in [1.807, 2.05) is 12.1 Å². The van der Waals surface area contributed by atoms with Crippen LogP contribution in [0.4, 0.5) is 17.1 Å². The highest BCUT2D eigenvalue weighted by Crippen LogP contribution is 2.57. The van der Waals surface area contributed by atoms with Crippen LogP contribution in [0.1, 0.15) is 22.3 Å². The van der Waals surface area contributed by atoms with E-state index in [9.17, 15) is 0 Å². The van der Waals surface area contributed by atoms with Crippen LogP contribution >= 0.6 is 0 Å². The van der Waals surface area contributed by atoms with Crippen molar-refractivity contribution in [2.75, 3.05) is 4.90 Å². The lowest BCUT2D eigenvalue weighted by atomic mass is 9.67. The molecule has 2 nitrogen and oxygen atoms in total. The molecule has 0 aliphatic heterocycles. The SMILES string of the molecule is c1ccc(-c2ccc(N(c3ccc4c(c3)C(c3ccccc3)(c3ccccc3)c3ccccc3-4)c3ccccc3-c3ccc4oc5ccccc5c4c3)cc2)cc1. The zero-order chi connectivity index (χ0) is 37.8. The number of furan rings is 1. The summed E-state index contributed by atoms with van der Waals surface area (Å²) < 4.78 is 6.26. The molecule has 0 saturated heterocycles. The molecule has 0 unspecified atom stereocenters. The van der Waals surface area contributed by atoms with Crippen molar-refractivity contribution in [2.45, 2.75) is 5.41 Å². The Morgan fingerprint density at radius 1 is 0.333 bits per heavy atom. The molecule has 9 aromatic carbocycles. The molecule has 0 fully saturated rings. The highest BCUT2D eigenvalue weighted by Gasteiger charge is 2.46. The van der Waals surface area contributed by atoms with Gasteiger partial charge in [-0.15, -0.1) is 0 Å². The van der Waals surface area contributed by atoms with E-state index in [4.69, 9.17) is 4.42 Å². The maximum absolute atomic E-state index is 6.26. The molecule has 0 saturated carbocycles. The van der Waals surface area contributed by atoms with Crippen LogP contribution in [-0.2, 0) is 5.41 Å². The van der Waals surface area contributed by atoms with E-state index in [-0.39, 0.29) is 0 Å². The van der Waals surface area contributed by atoms with Gasteiger partial charge in [0.05, 0.1) is 11.1 Å². The molecule has 0 amide bonds. The third-order valence-electron chi connectivity index (χ3n) is 11.8. The van der Waals surface area contributed by atoms with Crippen molar-refractivity contribution in [3.8, 4) is 33.4 Å². The zero-order valence-electron chi connectivity index (χ0n) is 31.2. The molecule has 10 aromatic rings. The Morgan fingerprint density at radius 3 is 1.63 bits per heavy atom. The van der Waals surface area contributed by atoms with Crippen LogP contribution in [0.5, 0.6) is 0 Å². The highest BCUT2D eigenvalue weighted by molar-refractivity contribution is 6.07. The second-order valence-corrected chi connectivity index (χ2v) is 14.8. The minimum Gasteiger partial charge on any atom is -0.456 e. The van der Waals surface area contributed by atoms with Gasteiger partial charge in [-0.1, -0.05) is 176 Å². The molecule has 1 aliphatic rings. The van der Waals surface area contributed by atoms with Crippen LogP contribution in [-0.4, -0.2) is 0 Å². The van der Waals surface area contributed by atoms with Crippen LogP contribution in [0, 0.1) is 0 Å². The fourth-order valence-corrected chi connectivity index (χ4v) is 9.24. The average molecular weight is 728 g/mol. The van der Waals surface area contributed by atoms with Crippen molar-refractivity contribution in [1.82, 2.24) is 0 Å². The van der Waals surface area contributed by atoms with Gasteiger partial charge in [-0.25, -0.2) is 0 Å². The Kier molecular flexibility index (Phi) is 7.75. The molecule has 0 atom stereocenters. The molecule has 1 heterocycles. The monoisotopic (exact) mass is 727 g/mol. The predicted molar refractivity (Wildman–Crippen MR) is 237 cm³/mol. The van der Waals surface area contributed by atoms with Gasteiger partial charge in [-0.2, -0.15) is 0 Å². The molecule has 0 bridgehead atoms. The molecule has 0 radical (unpaired) electrons. The van der Waals surface area contributed by atoms with E-state index >= 15 is 0 Å². The number of fused-ring (bicyclic) bond motifs is 6. The van der Waals surface area contributed by atoms with Crippen LogP contribution in [0.15, 0.2) is 229 Å². The van der Waals surface area contributed by atoms with Gasteiger partial charge in [0.2, 0.25) is 0 Å². The summed E-state index contributed by atoms with van der Waals surface area (Å²) in [4.78, 5) is 2.44. The largest absolute Gasteiger partial charge is 0.456 e. The second-order valence-electron chi connectivity index (χ2n) is 14.8. The topological polar surface area (TPSA) is 16.4 Å². The molecular formula is C55H37NO. The molecule has 2 heteroatoms. The van der Waals surface area contributed by atoms with E-state index in [0.717, 1.165) is 50.1 Å². The van der Waals surface area contributed by atoms with Crippen LogP contribution in [0.25, 0.3) is 55.3 Å². The number of hydrogen-bond donors (Lipinski definition) is 0. The van der Waals surface area contributed by atoms with Gasteiger partial charge >= 0.3 is 0 Å². The van der Waals surface area contributed by atoms with E-state index in [1.54, 1.807) is 0 Å². The normalized spacial score (nSPS) is 12.7. The average Bonchev–Trinajstić information content (AvgIpc) is 3.81. The molecule has 11 rings (SSSR count). The van der Waals surface area contributed by atoms with Gasteiger partial charge in [0.15, 0.2) is 0 Å². The molecular weight excluding hydrogens is 691 g/mol. The summed E-state index contributed by atoms with van der Waals surface area (Å²) in [5, 5.41) is 2.24. The van der Waals surface area contributed by atoms with Crippen LogP contribution < -0.4 is 4.90 Å². The van der Waals surface area contributed by atoms with E-state index in [1.165, 1.54) is 44.5 Å². The molecule has 268 valence electrons. The van der Waals surface area contributed by atoms with E-state index < -0.39 is 5.41 Å². The molecule has 1 aliphatic carbocycles. The maximum Gasteiger partial charge on any atom is 0.135 e. The summed E-state index contributed by atoms with van der Waals surface area (Å²) in [6.07, 6.45) is 0. The van der Waals surface area contributed by atoms with Crippen LogP contribution in [0.3, 0.4) is 0 Å². The fraction of sp³-hybridized carbons (Fsp3) is 0.0182. The summed E-state index contributed by atoms with van der Waals surface area (Å²) in [5.74, 6) is 0. The molecule has 57 heavy (non-hydrogen) atoms. The molecule has 1 aromatic heterocycles. The van der Waals surface area contributed by atoms with E-state index in [0.29, 0.717) is 0 Å². The highest BCUT2D eigenvalue weighted by atomic mass is 16.3. The Labute approximate surface area is 332 Å². The quantitative estimate of drug-likeness (QED) is 0.163. The van der Waals surface area contributed by atoms with Crippen molar-refractivity contribution >= 4 is 39.0 Å². The van der Waals surface area contributed by atoms with Gasteiger partial charge < -0.3 is 9.32 Å². The summed E-state index contributed by atoms with van der Waals surface area (Å²) in [5.41, 5.74) is 16.8. The van der Waals surface area contributed by atoms with Gasteiger partial charge in [0, 0.05) is 27.7 Å². The first-order valence-corrected chi connectivity index (χ1v) is 19.6. The summed E-state index contributed by atoms with van der Waals surface area (Å²) in [7, 11) is 0. The zero-order valence-corrected chi connectivity index (χ0v) is 31.2. The van der Waals surface area contributed by atoms with Gasteiger partial charge in [0.1, 0.15) is 11.2 Å². The Morgan fingerprint density at radius 2 is 0.877 bits per heavy atom. The number of para-hydroxylation sites is 2. The summed E-state index contributed by atoms with van der Waals surface area (Å²) in [6, 6.07) is 81.4. The predicted octanol–water partition coefficient (Wildman–Crippen LogP) is 14.8. The lowest BCUT2D eigenvalue weighted by molar-refractivity contribution is 0.669. The maximum atomic E-state index is 6.26. The Bertz CT molecular complexity index is 3020. The molecule has 0 N–H and O–H groups in total. The fourth-order valence-electron chi connectivity index (χ4n) is 9.24. The number of benzene rings is 9. The first-order valence-electron chi connectivity index (χ1n) is 19.6. The standard InChI is InChI=1S/C55H37NO/c1-4-16-38(17-5-1)39-28-31-43(32-29-39)56(52-26-14-11-22-45(52)40-30-35-54-49(36-40)48-24-12-15-27-53(48)57-54)44-33-34-47-46-23-10-13-25-50(46)55(51(47)37-44,41-18-6-2-7-19-41)42-20-8-3-9-21-42/h1-37H. The first kappa shape index (κ1) is 33.0. The number of hydrogen-bond acceptors (Lipinski definition) is 2. The lowest BCUT2D eigenvalue weighted by Gasteiger charge is -2.35. The number of anilines is 3. The first-order chi connectivity index (χ1) is 28.3. The Balaban J connectivity index is 1.16. The Hall–Kier alpha value is -7.42. The van der Waals surface area contributed by atoms with Crippen molar-refractivity contribution in [3.63, 3.8) is 0 Å². The minimum atomic E-state index is -0.514. The lowest BCUT2D eigenvalue weighted by Crippen LogP contribution is -2.28. The van der Waals surface area contributed by atoms with Crippen LogP contribution in [0.2, 0.25) is 0 Å². The van der Waals surface area contributed by atoms with Crippen molar-refractivity contribution in [1.29, 1.82) is 0 Å². The van der Waals surface area contributed by atoms with Crippen molar-refractivity contribution < 1.29 is 4.42 Å². The smallest absolute Gasteiger partial charge is 0.135 e. The molecule has 0 spiro atoms. The van der Waals surface area contributed by atoms with Gasteiger partial charge in [0.25, 0.3) is 0 Å². The minimum absolute atomic E-state index is 0.514. The second kappa shape index (κ2) is 13.4. The van der Waals surface area contributed by atoms with Gasteiger partial charge in [-0.05, 0) is 98.6 Å². The summed E-state index contributed by atoms with van der Waals surface area (Å²) in [6.45, 7) is 0. The number of rotatable bonds is 7. The third-order valence-corrected chi connectivity index (χ3v) is 11.8. The van der Waals surface area contributed by atoms with Gasteiger partial charge in [-0.3, -0.25) is 0 Å². The summed E-state index contributed by atoms with van der Waals surface area (Å²) >= 11 is 0. The van der Waals surface area contributed by atoms with E-state index in [2.05, 4.69) is 217 Å². The third kappa shape index (κ3) is 5.26. The van der Waals surface area contributed by atoms with Crippen molar-refractivity contribution in [3.05, 3.63) is 247 Å².